The van der Waals surface area contributed by atoms with E-state index in [2.05, 4.69) is 51.9 Å². The van der Waals surface area contributed by atoms with Crippen molar-refractivity contribution in [3.63, 3.8) is 0 Å². The summed E-state index contributed by atoms with van der Waals surface area (Å²) in [6.45, 7) is 11.8. The molecule has 7 nitrogen and oxygen atoms in total. The molecule has 0 aromatic carbocycles. The molecule has 0 aromatic heterocycles. The van der Waals surface area contributed by atoms with Crippen LogP contribution in [-0.4, -0.2) is 59.4 Å². The molecule has 0 aliphatic heterocycles. The molecule has 0 radical (unpaired) electrons. The molecule has 7 heteroatoms. The summed E-state index contributed by atoms with van der Waals surface area (Å²) in [6.07, 6.45) is 10.8. The van der Waals surface area contributed by atoms with E-state index in [0.717, 1.165) is 31.4 Å². The predicted molar refractivity (Wildman–Crippen MR) is 143 cm³/mol. The van der Waals surface area contributed by atoms with Crippen molar-refractivity contribution in [3.05, 3.63) is 23.8 Å². The molecule has 0 saturated heterocycles. The highest BCUT2D eigenvalue weighted by Crippen LogP contribution is 2.71. The number of aliphatic carboxylic acids is 1. The van der Waals surface area contributed by atoms with Gasteiger partial charge < -0.3 is 20.1 Å². The van der Waals surface area contributed by atoms with Gasteiger partial charge in [0.05, 0.1) is 12.5 Å². The minimum Gasteiger partial charge on any atom is -0.481 e. The lowest BCUT2D eigenvalue weighted by Crippen LogP contribution is -2.58. The zero-order chi connectivity index (χ0) is 26.5. The molecule has 36 heavy (non-hydrogen) atoms. The minimum atomic E-state index is -0.895. The molecule has 3 fully saturated rings. The van der Waals surface area contributed by atoms with E-state index in [-0.39, 0.29) is 41.3 Å². The third kappa shape index (κ3) is 4.11. The molecular formula is C29H45N3O4. The molecule has 4 aliphatic carbocycles. The van der Waals surface area contributed by atoms with Crippen molar-refractivity contribution in [1.29, 1.82) is 0 Å². The second-order valence-corrected chi connectivity index (χ2v) is 12.4. The van der Waals surface area contributed by atoms with Gasteiger partial charge in [0.15, 0.2) is 0 Å². The third-order valence-corrected chi connectivity index (χ3v) is 10.5. The van der Waals surface area contributed by atoms with Crippen molar-refractivity contribution in [2.24, 2.45) is 50.2 Å². The van der Waals surface area contributed by atoms with Crippen LogP contribution >= 0.6 is 0 Å². The second-order valence-electron chi connectivity index (χ2n) is 12.4. The van der Waals surface area contributed by atoms with Gasteiger partial charge in [-0.1, -0.05) is 51.4 Å². The summed E-state index contributed by atoms with van der Waals surface area (Å²) in [7, 11) is 4.01. The number of rotatable bonds is 7. The number of allylic oxidation sites excluding steroid dienone is 4. The number of carboxylic acid groups (broad SMARTS) is 1. The van der Waals surface area contributed by atoms with Gasteiger partial charge in [0.2, 0.25) is 0 Å². The van der Waals surface area contributed by atoms with Crippen LogP contribution in [0.15, 0.2) is 34.1 Å². The molecule has 4 rings (SSSR count). The number of fused-ring (bicyclic) bond motifs is 5. The molecule has 0 amide bonds. The number of aliphatic hydroxyl groups is 1. The Kier molecular flexibility index (Phi) is 7.19. The quantitative estimate of drug-likeness (QED) is 0.288. The van der Waals surface area contributed by atoms with Gasteiger partial charge in [-0.05, 0) is 67.4 Å². The van der Waals surface area contributed by atoms with Gasteiger partial charge in [-0.15, -0.1) is 0 Å². The second kappa shape index (κ2) is 9.62. The first-order valence-electron chi connectivity index (χ1n) is 13.6. The molecule has 8 atom stereocenters. The lowest BCUT2D eigenvalue weighted by molar-refractivity contribution is -0.138. The molecular weight excluding hydrogens is 454 g/mol. The number of carbonyl (C=O) groups is 1. The molecule has 200 valence electrons. The van der Waals surface area contributed by atoms with Crippen molar-refractivity contribution >= 4 is 17.4 Å². The summed E-state index contributed by atoms with van der Waals surface area (Å²) in [5.41, 5.74) is 3.02. The number of aliphatic hydroxyl groups excluding tert-OH is 1. The Balaban J connectivity index is 1.63. The fourth-order valence-electron chi connectivity index (χ4n) is 8.60. The van der Waals surface area contributed by atoms with Gasteiger partial charge in [-0.3, -0.25) is 4.79 Å². The van der Waals surface area contributed by atoms with Crippen LogP contribution in [0.25, 0.3) is 0 Å². The Morgan fingerprint density at radius 3 is 2.64 bits per heavy atom. The highest BCUT2D eigenvalue weighted by atomic mass is 16.6. The van der Waals surface area contributed by atoms with Crippen molar-refractivity contribution < 1.29 is 19.8 Å². The normalized spacial score (nSPS) is 42.9. The number of oxime groups is 1. The standard InChI is InChI=1S/C29H45N3O4/c1-8-24(30-32(6)7)29(5)18(2)15-22-21-10-9-19-16-20(31-36-14-12-25(34)35)11-13-27(19,3)26(21)23(33)17-28(22,29)4/h11,13,16,18,21-23,26,33H,8-10,12,14-15,17H2,1-7H3,(H,34,35)/b30-24-,31-20+/t18-,21+,22+,23+,26-,27+,28+,29-/m1/s1. The smallest absolute Gasteiger partial charge is 0.306 e. The maximum Gasteiger partial charge on any atom is 0.306 e. The van der Waals surface area contributed by atoms with Gasteiger partial charge in [-0.25, -0.2) is 0 Å². The van der Waals surface area contributed by atoms with E-state index in [4.69, 9.17) is 15.0 Å². The van der Waals surface area contributed by atoms with Crippen molar-refractivity contribution in [3.8, 4) is 0 Å². The highest BCUT2D eigenvalue weighted by Gasteiger charge is 2.67. The molecule has 0 unspecified atom stereocenters. The molecule has 0 aromatic rings. The average molecular weight is 500 g/mol. The summed E-state index contributed by atoms with van der Waals surface area (Å²) < 4.78 is 0. The monoisotopic (exact) mass is 499 g/mol. The number of hydrogen-bond donors (Lipinski definition) is 2. The zero-order valence-electron chi connectivity index (χ0n) is 23.1. The van der Waals surface area contributed by atoms with Crippen LogP contribution in [0, 0.1) is 39.9 Å². The first-order chi connectivity index (χ1) is 16.9. The zero-order valence-corrected chi connectivity index (χ0v) is 23.1. The SMILES string of the molecule is CC/C(=N/N(C)C)[C@@]1(C)[C@H](C)C[C@H]2[C@@H]3CCC4=C/C(=N/OCCC(=O)O)C=C[C@]4(C)[C@H]3[C@@H](O)C[C@@]21C. The van der Waals surface area contributed by atoms with Crippen LogP contribution in [0.3, 0.4) is 0 Å². The Morgan fingerprint density at radius 2 is 2.00 bits per heavy atom. The van der Waals surface area contributed by atoms with Gasteiger partial charge in [-0.2, -0.15) is 5.10 Å². The summed E-state index contributed by atoms with van der Waals surface area (Å²) in [5.74, 6) is 0.786. The van der Waals surface area contributed by atoms with Gasteiger partial charge in [0.25, 0.3) is 0 Å². The van der Waals surface area contributed by atoms with E-state index in [1.165, 1.54) is 17.7 Å². The summed E-state index contributed by atoms with van der Waals surface area (Å²) >= 11 is 0. The predicted octanol–water partition coefficient (Wildman–Crippen LogP) is 5.12. The molecule has 4 aliphatic rings. The van der Waals surface area contributed by atoms with Crippen LogP contribution in [0.2, 0.25) is 0 Å². The first kappa shape index (κ1) is 26.9. The lowest BCUT2D eigenvalue weighted by Gasteiger charge is -2.60. The molecule has 3 saturated carbocycles. The van der Waals surface area contributed by atoms with Gasteiger partial charge >= 0.3 is 5.97 Å². The van der Waals surface area contributed by atoms with E-state index >= 15 is 0 Å². The average Bonchev–Trinajstić information content (AvgIpc) is 3.00. The fraction of sp³-hybridized carbons (Fsp3) is 0.759. The van der Waals surface area contributed by atoms with E-state index in [1.54, 1.807) is 0 Å². The van der Waals surface area contributed by atoms with E-state index in [1.807, 2.05) is 25.2 Å². The summed E-state index contributed by atoms with van der Waals surface area (Å²) in [6, 6.07) is 0. The van der Waals surface area contributed by atoms with Crippen LogP contribution in [-0.2, 0) is 9.63 Å². The summed E-state index contributed by atoms with van der Waals surface area (Å²) in [4.78, 5) is 16.0. The molecule has 2 N–H and O–H groups in total. The van der Waals surface area contributed by atoms with Crippen LogP contribution < -0.4 is 0 Å². The Bertz CT molecular complexity index is 1000. The van der Waals surface area contributed by atoms with E-state index in [0.29, 0.717) is 17.8 Å². The number of carboxylic acids is 1. The van der Waals surface area contributed by atoms with Crippen LogP contribution in [0.4, 0.5) is 0 Å². The van der Waals surface area contributed by atoms with Gasteiger partial charge in [0.1, 0.15) is 12.3 Å². The maximum atomic E-state index is 11.8. The Morgan fingerprint density at radius 1 is 1.28 bits per heavy atom. The highest BCUT2D eigenvalue weighted by molar-refractivity contribution is 6.05. The van der Waals surface area contributed by atoms with Crippen LogP contribution in [0.5, 0.6) is 0 Å². The van der Waals surface area contributed by atoms with Crippen LogP contribution in [0.1, 0.15) is 73.1 Å². The van der Waals surface area contributed by atoms with Gasteiger partial charge in [0, 0.05) is 36.6 Å². The summed E-state index contributed by atoms with van der Waals surface area (Å²) in [5, 5.41) is 31.7. The van der Waals surface area contributed by atoms with E-state index in [9.17, 15) is 9.90 Å². The molecule has 0 spiro atoms. The topological polar surface area (TPSA) is 94.7 Å². The Labute approximate surface area is 216 Å². The largest absolute Gasteiger partial charge is 0.481 e. The first-order valence-corrected chi connectivity index (χ1v) is 13.6. The number of hydrogen-bond acceptors (Lipinski definition) is 6. The number of hydrazone groups is 1. The number of nitrogens with zero attached hydrogens (tertiary/aromatic N) is 3. The minimum absolute atomic E-state index is 0.00158. The van der Waals surface area contributed by atoms with Crippen molar-refractivity contribution in [1.82, 2.24) is 5.01 Å². The lowest BCUT2D eigenvalue weighted by atomic mass is 9.44. The van der Waals surface area contributed by atoms with Crippen molar-refractivity contribution in [2.45, 2.75) is 79.2 Å². The van der Waals surface area contributed by atoms with E-state index < -0.39 is 5.97 Å². The maximum absolute atomic E-state index is 11.8. The third-order valence-electron chi connectivity index (χ3n) is 10.5. The fourth-order valence-corrected chi connectivity index (χ4v) is 8.60. The molecule has 0 heterocycles. The van der Waals surface area contributed by atoms with Crippen molar-refractivity contribution in [2.75, 3.05) is 20.7 Å². The molecule has 0 bridgehead atoms. The Hall–Kier alpha value is -2.15.